The Morgan fingerprint density at radius 2 is 1.32 bits per heavy atom. The molecule has 0 heterocycles. The molecular formula is C10H9F9. The summed E-state index contributed by atoms with van der Waals surface area (Å²) in [6.45, 7) is 0. The number of hydrogen-bond acceptors (Lipinski definition) is 0. The fraction of sp³-hybridized carbons (Fsp3) is 0.800. The molecule has 0 bridgehead atoms. The van der Waals surface area contributed by atoms with Crippen molar-refractivity contribution < 1.29 is 39.5 Å². The molecule has 0 amide bonds. The van der Waals surface area contributed by atoms with Crippen LogP contribution >= 0.6 is 0 Å². The van der Waals surface area contributed by atoms with Gasteiger partial charge in [-0.1, -0.05) is 12.2 Å². The van der Waals surface area contributed by atoms with Crippen LogP contribution in [0.15, 0.2) is 12.2 Å². The summed E-state index contributed by atoms with van der Waals surface area (Å²) in [4.78, 5) is 0. The largest absolute Gasteiger partial charge is 0.460 e. The van der Waals surface area contributed by atoms with Crippen molar-refractivity contribution in [1.29, 1.82) is 0 Å². The maximum Gasteiger partial charge on any atom is 0.460 e. The summed E-state index contributed by atoms with van der Waals surface area (Å²) in [6.07, 6.45) is -5.41. The molecular weight excluding hydrogens is 291 g/mol. The molecule has 1 atom stereocenters. The molecule has 0 saturated heterocycles. The zero-order valence-electron chi connectivity index (χ0n) is 9.26. The Bertz CT molecular complexity index is 353. The summed E-state index contributed by atoms with van der Waals surface area (Å²) < 4.78 is 113. The van der Waals surface area contributed by atoms with Gasteiger partial charge in [0.25, 0.3) is 0 Å². The molecule has 0 aliphatic heterocycles. The third kappa shape index (κ3) is 2.43. The van der Waals surface area contributed by atoms with Gasteiger partial charge in [0.15, 0.2) is 0 Å². The van der Waals surface area contributed by atoms with Gasteiger partial charge >= 0.3 is 23.9 Å². The summed E-state index contributed by atoms with van der Waals surface area (Å²) in [5.41, 5.74) is 0. The van der Waals surface area contributed by atoms with Crippen LogP contribution in [0.2, 0.25) is 0 Å². The number of allylic oxidation sites excluding steroid dienone is 2. The van der Waals surface area contributed by atoms with Crippen LogP contribution in [0.5, 0.6) is 0 Å². The fourth-order valence-corrected chi connectivity index (χ4v) is 1.73. The van der Waals surface area contributed by atoms with E-state index in [4.69, 9.17) is 0 Å². The van der Waals surface area contributed by atoms with E-state index in [1.54, 1.807) is 0 Å². The molecule has 0 nitrogen and oxygen atoms in total. The molecule has 0 aromatic rings. The predicted molar refractivity (Wildman–Crippen MR) is 47.4 cm³/mol. The second kappa shape index (κ2) is 4.59. The summed E-state index contributed by atoms with van der Waals surface area (Å²) in [5.74, 6) is -21.1. The SMILES string of the molecule is FC(F)(F)C(F)(F)C(F)(F)C(F)(F)C1C=CCCC1. The van der Waals surface area contributed by atoms with Gasteiger partial charge in [0.05, 0.1) is 0 Å². The lowest BCUT2D eigenvalue weighted by Crippen LogP contribution is -2.62. The Labute approximate surface area is 102 Å². The molecule has 1 unspecified atom stereocenters. The molecule has 0 fully saturated rings. The first kappa shape index (κ1) is 16.2. The second-order valence-corrected chi connectivity index (χ2v) is 4.24. The van der Waals surface area contributed by atoms with Crippen molar-refractivity contribution in [2.45, 2.75) is 43.2 Å². The Hall–Kier alpha value is -0.890. The molecule has 0 aromatic carbocycles. The van der Waals surface area contributed by atoms with E-state index >= 15 is 0 Å². The van der Waals surface area contributed by atoms with Crippen molar-refractivity contribution >= 4 is 0 Å². The topological polar surface area (TPSA) is 0 Å². The third-order valence-electron chi connectivity index (χ3n) is 2.89. The zero-order valence-corrected chi connectivity index (χ0v) is 9.26. The van der Waals surface area contributed by atoms with E-state index in [1.165, 1.54) is 0 Å². The van der Waals surface area contributed by atoms with E-state index in [1.807, 2.05) is 0 Å². The Balaban J connectivity index is 3.16. The van der Waals surface area contributed by atoms with Gasteiger partial charge < -0.3 is 0 Å². The Morgan fingerprint density at radius 1 is 0.789 bits per heavy atom. The predicted octanol–water partition coefficient (Wildman–Crippen LogP) is 4.81. The summed E-state index contributed by atoms with van der Waals surface area (Å²) >= 11 is 0. The molecule has 0 radical (unpaired) electrons. The van der Waals surface area contributed by atoms with Crippen molar-refractivity contribution in [2.24, 2.45) is 5.92 Å². The van der Waals surface area contributed by atoms with E-state index in [9.17, 15) is 39.5 Å². The number of alkyl halides is 9. The molecule has 0 saturated carbocycles. The minimum absolute atomic E-state index is 0.0183. The Kier molecular flexibility index (Phi) is 3.90. The van der Waals surface area contributed by atoms with Crippen molar-refractivity contribution in [1.82, 2.24) is 0 Å². The first-order valence-corrected chi connectivity index (χ1v) is 5.22. The van der Waals surface area contributed by atoms with Crippen LogP contribution in [0, 0.1) is 5.92 Å². The quantitative estimate of drug-likeness (QED) is 0.518. The lowest BCUT2D eigenvalue weighted by molar-refractivity contribution is -0.401. The van der Waals surface area contributed by atoms with Gasteiger partial charge in [0.1, 0.15) is 0 Å². The molecule has 0 aromatic heterocycles. The first-order valence-electron chi connectivity index (χ1n) is 5.22. The standard InChI is InChI=1S/C10H9F9/c11-7(12,6-4-2-1-3-5-6)8(13,14)9(15,16)10(17,18)19/h2,4,6H,1,3,5H2. The number of rotatable bonds is 3. The van der Waals surface area contributed by atoms with E-state index in [0.29, 0.717) is 6.08 Å². The molecule has 1 aliphatic rings. The molecule has 19 heavy (non-hydrogen) atoms. The Morgan fingerprint density at radius 3 is 1.68 bits per heavy atom. The minimum atomic E-state index is -6.80. The van der Waals surface area contributed by atoms with Gasteiger partial charge in [-0.2, -0.15) is 39.5 Å². The van der Waals surface area contributed by atoms with Gasteiger partial charge in [0, 0.05) is 5.92 Å². The van der Waals surface area contributed by atoms with Gasteiger partial charge in [-0.3, -0.25) is 0 Å². The third-order valence-corrected chi connectivity index (χ3v) is 2.89. The van der Waals surface area contributed by atoms with Crippen LogP contribution < -0.4 is 0 Å². The van der Waals surface area contributed by atoms with Crippen LogP contribution in [0.1, 0.15) is 19.3 Å². The summed E-state index contributed by atoms with van der Waals surface area (Å²) in [7, 11) is 0. The molecule has 0 spiro atoms. The van der Waals surface area contributed by atoms with Gasteiger partial charge in [-0.25, -0.2) is 0 Å². The highest BCUT2D eigenvalue weighted by molar-refractivity contribution is 5.09. The highest BCUT2D eigenvalue weighted by Gasteiger charge is 2.82. The van der Waals surface area contributed by atoms with Gasteiger partial charge in [-0.05, 0) is 19.3 Å². The maximum absolute atomic E-state index is 13.3. The van der Waals surface area contributed by atoms with Crippen LogP contribution in [0.4, 0.5) is 39.5 Å². The highest BCUT2D eigenvalue weighted by atomic mass is 19.4. The highest BCUT2D eigenvalue weighted by Crippen LogP contribution is 2.56. The molecule has 1 aliphatic carbocycles. The molecule has 9 heteroatoms. The van der Waals surface area contributed by atoms with Crippen molar-refractivity contribution in [3.63, 3.8) is 0 Å². The average molecular weight is 300 g/mol. The monoisotopic (exact) mass is 300 g/mol. The smallest absolute Gasteiger partial charge is 0.199 e. The van der Waals surface area contributed by atoms with Crippen molar-refractivity contribution in [3.05, 3.63) is 12.2 Å². The van der Waals surface area contributed by atoms with Crippen LogP contribution in [0.25, 0.3) is 0 Å². The maximum atomic E-state index is 13.3. The normalized spacial score (nSPS) is 22.7. The average Bonchev–Trinajstić information content (AvgIpc) is 2.28. The molecule has 0 N–H and O–H groups in total. The minimum Gasteiger partial charge on any atom is -0.199 e. The van der Waals surface area contributed by atoms with Crippen molar-refractivity contribution in [3.8, 4) is 0 Å². The van der Waals surface area contributed by atoms with Crippen molar-refractivity contribution in [2.75, 3.05) is 0 Å². The van der Waals surface area contributed by atoms with Crippen LogP contribution in [0.3, 0.4) is 0 Å². The lowest BCUT2D eigenvalue weighted by atomic mass is 9.85. The number of halogens is 9. The molecule has 1 rings (SSSR count). The first-order chi connectivity index (χ1) is 8.36. The summed E-state index contributed by atoms with van der Waals surface area (Å²) in [5, 5.41) is 0. The van der Waals surface area contributed by atoms with E-state index in [2.05, 4.69) is 0 Å². The van der Waals surface area contributed by atoms with Crippen LogP contribution in [-0.4, -0.2) is 23.9 Å². The summed E-state index contributed by atoms with van der Waals surface area (Å²) in [6, 6.07) is 0. The van der Waals surface area contributed by atoms with E-state index in [0.717, 1.165) is 6.08 Å². The van der Waals surface area contributed by atoms with E-state index in [-0.39, 0.29) is 12.8 Å². The van der Waals surface area contributed by atoms with Gasteiger partial charge in [-0.15, -0.1) is 0 Å². The second-order valence-electron chi connectivity index (χ2n) is 4.24. The fourth-order valence-electron chi connectivity index (χ4n) is 1.73. The number of hydrogen-bond donors (Lipinski definition) is 0. The van der Waals surface area contributed by atoms with Crippen LogP contribution in [-0.2, 0) is 0 Å². The zero-order chi connectivity index (χ0) is 15.1. The molecule has 112 valence electrons. The van der Waals surface area contributed by atoms with E-state index < -0.39 is 36.3 Å². The van der Waals surface area contributed by atoms with Gasteiger partial charge in [0.2, 0.25) is 0 Å². The lowest BCUT2D eigenvalue weighted by Gasteiger charge is -2.37.